The van der Waals surface area contributed by atoms with Gasteiger partial charge < -0.3 is 10.2 Å². The van der Waals surface area contributed by atoms with Crippen LogP contribution in [0.2, 0.25) is 0 Å². The maximum Gasteiger partial charge on any atom is 0.240 e. The molecular weight excluding hydrogens is 573 g/mol. The Morgan fingerprint density at radius 2 is 1.68 bits per heavy atom. The van der Waals surface area contributed by atoms with Gasteiger partial charge in [0.05, 0.1) is 5.75 Å². The maximum atomic E-state index is 13.7. The minimum Gasteiger partial charge on any atom is -0.352 e. The number of carbonyl (C=O) groups is 2. The summed E-state index contributed by atoms with van der Waals surface area (Å²) in [5, 5.41) is 12.7. The molecule has 7 nitrogen and oxygen atoms in total. The Morgan fingerprint density at radius 1 is 0.977 bits per heavy atom. The summed E-state index contributed by atoms with van der Waals surface area (Å²) in [6.07, 6.45) is 5.25. The largest absolute Gasteiger partial charge is 0.352 e. The third kappa shape index (κ3) is 7.75. The summed E-state index contributed by atoms with van der Waals surface area (Å²) < 4.78 is 15.7. The minimum atomic E-state index is -0.406. The van der Waals surface area contributed by atoms with Crippen LogP contribution in [0.1, 0.15) is 64.0 Å². The van der Waals surface area contributed by atoms with Gasteiger partial charge in [-0.2, -0.15) is 0 Å². The quantitative estimate of drug-likeness (QED) is 0.201. The average Bonchev–Trinajstić information content (AvgIpc) is 3.43. The molecule has 3 aromatic carbocycles. The van der Waals surface area contributed by atoms with E-state index >= 15 is 0 Å². The van der Waals surface area contributed by atoms with E-state index in [-0.39, 0.29) is 35.6 Å². The molecule has 1 N–H and O–H groups in total. The Morgan fingerprint density at radius 3 is 2.34 bits per heavy atom. The lowest BCUT2D eigenvalue weighted by Gasteiger charge is -2.26. The molecule has 0 spiro atoms. The van der Waals surface area contributed by atoms with Crippen LogP contribution < -0.4 is 10.2 Å². The normalized spacial score (nSPS) is 13.9. The molecule has 1 heterocycles. The Labute approximate surface area is 263 Å². The first kappa shape index (κ1) is 31.4. The Balaban J connectivity index is 1.40. The van der Waals surface area contributed by atoms with Gasteiger partial charge in [0.25, 0.3) is 0 Å². The van der Waals surface area contributed by atoms with E-state index in [1.165, 1.54) is 52.9 Å². The highest BCUT2D eigenvalue weighted by Gasteiger charge is 2.24. The van der Waals surface area contributed by atoms with E-state index in [9.17, 15) is 14.0 Å². The lowest BCUT2D eigenvalue weighted by atomic mass is 9.87. The smallest absolute Gasteiger partial charge is 0.240 e. The van der Waals surface area contributed by atoms with Crippen molar-refractivity contribution in [1.29, 1.82) is 0 Å². The summed E-state index contributed by atoms with van der Waals surface area (Å²) in [6, 6.07) is 22.2. The lowest BCUT2D eigenvalue weighted by Crippen LogP contribution is -2.45. The number of carbonyl (C=O) groups excluding carboxylic acids is 2. The SMILES string of the molecule is Cc1cccc(-n2c(SCC(=O)N(CC(=O)NC3CCCCC3)c3ccc(F)cc3)nnc2-c2ccc(C(C)(C)C)cc2)c1. The number of rotatable bonds is 9. The van der Waals surface area contributed by atoms with E-state index in [1.54, 1.807) is 0 Å². The molecule has 4 aromatic rings. The van der Waals surface area contributed by atoms with Crippen molar-refractivity contribution in [3.05, 3.63) is 89.7 Å². The highest BCUT2D eigenvalue weighted by atomic mass is 32.2. The van der Waals surface area contributed by atoms with Gasteiger partial charge in [-0.25, -0.2) is 4.39 Å². The van der Waals surface area contributed by atoms with Gasteiger partial charge in [-0.15, -0.1) is 10.2 Å². The summed E-state index contributed by atoms with van der Waals surface area (Å²) in [5.74, 6) is -0.218. The summed E-state index contributed by atoms with van der Waals surface area (Å²) in [4.78, 5) is 28.2. The van der Waals surface area contributed by atoms with E-state index in [4.69, 9.17) is 0 Å². The van der Waals surface area contributed by atoms with Crippen molar-refractivity contribution in [3.63, 3.8) is 0 Å². The van der Waals surface area contributed by atoms with Gasteiger partial charge in [0, 0.05) is 23.0 Å². The highest BCUT2D eigenvalue weighted by molar-refractivity contribution is 7.99. The second-order valence-corrected chi connectivity index (χ2v) is 13.4. The van der Waals surface area contributed by atoms with Gasteiger partial charge in [-0.05, 0) is 72.7 Å². The second-order valence-electron chi connectivity index (χ2n) is 12.5. The molecule has 9 heteroatoms. The molecule has 5 rings (SSSR count). The third-order valence-corrected chi connectivity index (χ3v) is 8.85. The number of aryl methyl sites for hydroxylation is 1. The first-order valence-corrected chi connectivity index (χ1v) is 16.2. The summed E-state index contributed by atoms with van der Waals surface area (Å²) in [6.45, 7) is 8.42. The van der Waals surface area contributed by atoms with Crippen LogP contribution in [0.3, 0.4) is 0 Å². The van der Waals surface area contributed by atoms with Gasteiger partial charge in [-0.1, -0.05) is 88.2 Å². The summed E-state index contributed by atoms with van der Waals surface area (Å²) in [5.41, 5.74) is 4.60. The summed E-state index contributed by atoms with van der Waals surface area (Å²) in [7, 11) is 0. The highest BCUT2D eigenvalue weighted by Crippen LogP contribution is 2.31. The van der Waals surface area contributed by atoms with Crippen molar-refractivity contribution in [1.82, 2.24) is 20.1 Å². The number of amides is 2. The Bertz CT molecular complexity index is 1590. The molecule has 0 bridgehead atoms. The van der Waals surface area contributed by atoms with Crippen LogP contribution in [0.15, 0.2) is 78.0 Å². The van der Waals surface area contributed by atoms with E-state index in [0.717, 1.165) is 42.5 Å². The van der Waals surface area contributed by atoms with Gasteiger partial charge in [0.1, 0.15) is 12.4 Å². The number of anilines is 1. The molecule has 0 radical (unpaired) electrons. The second kappa shape index (κ2) is 13.8. The maximum absolute atomic E-state index is 13.7. The van der Waals surface area contributed by atoms with Gasteiger partial charge in [0.2, 0.25) is 11.8 Å². The van der Waals surface area contributed by atoms with Crippen molar-refractivity contribution >= 4 is 29.3 Å². The zero-order valence-corrected chi connectivity index (χ0v) is 26.7. The molecule has 1 aromatic heterocycles. The van der Waals surface area contributed by atoms with Crippen molar-refractivity contribution < 1.29 is 14.0 Å². The molecule has 1 aliphatic rings. The Kier molecular flexibility index (Phi) is 9.84. The van der Waals surface area contributed by atoms with Gasteiger partial charge in [0.15, 0.2) is 11.0 Å². The first-order chi connectivity index (χ1) is 21.1. The van der Waals surface area contributed by atoms with E-state index in [0.29, 0.717) is 16.7 Å². The van der Waals surface area contributed by atoms with Crippen LogP contribution in [0.25, 0.3) is 17.1 Å². The molecule has 0 saturated heterocycles. The van der Waals surface area contributed by atoms with Crippen LogP contribution in [0.5, 0.6) is 0 Å². The molecule has 44 heavy (non-hydrogen) atoms. The van der Waals surface area contributed by atoms with Gasteiger partial charge in [-0.3, -0.25) is 14.2 Å². The fraction of sp³-hybridized carbons (Fsp3) is 0.371. The topological polar surface area (TPSA) is 80.1 Å². The standard InChI is InChI=1S/C35H40FN5O2S/c1-24-9-8-12-30(21-24)41-33(25-13-15-26(16-14-25)35(2,3)4)38-39-34(41)44-23-32(43)40(29-19-17-27(36)18-20-29)22-31(42)37-28-10-6-5-7-11-28/h8-9,12-21,28H,5-7,10-11,22-23H2,1-4H3,(H,37,42). The zero-order valence-electron chi connectivity index (χ0n) is 25.8. The zero-order chi connectivity index (χ0) is 31.3. The minimum absolute atomic E-state index is 0.0149. The third-order valence-electron chi connectivity index (χ3n) is 7.94. The number of nitrogens with one attached hydrogen (secondary N) is 1. The molecule has 2 amide bonds. The number of halogens is 1. The average molecular weight is 614 g/mol. The Hall–Kier alpha value is -3.98. The molecule has 1 fully saturated rings. The predicted molar refractivity (Wildman–Crippen MR) is 175 cm³/mol. The van der Waals surface area contributed by atoms with Crippen molar-refractivity contribution in [2.24, 2.45) is 0 Å². The predicted octanol–water partition coefficient (Wildman–Crippen LogP) is 7.25. The molecule has 0 unspecified atom stereocenters. The molecular formula is C35H40FN5O2S. The fourth-order valence-corrected chi connectivity index (χ4v) is 6.31. The van der Waals surface area contributed by atoms with E-state index in [1.807, 2.05) is 29.7 Å². The van der Waals surface area contributed by atoms with Crippen LogP contribution in [-0.4, -0.2) is 44.9 Å². The molecule has 230 valence electrons. The fourth-order valence-electron chi connectivity index (χ4n) is 5.48. The number of nitrogens with zero attached hydrogens (tertiary/aromatic N) is 4. The van der Waals surface area contributed by atoms with Crippen LogP contribution in [0, 0.1) is 12.7 Å². The summed E-state index contributed by atoms with van der Waals surface area (Å²) >= 11 is 1.26. The molecule has 1 saturated carbocycles. The van der Waals surface area contributed by atoms with Crippen LogP contribution in [-0.2, 0) is 15.0 Å². The van der Waals surface area contributed by atoms with Gasteiger partial charge >= 0.3 is 0 Å². The number of hydrogen-bond donors (Lipinski definition) is 1. The van der Waals surface area contributed by atoms with Crippen molar-refractivity contribution in [2.75, 3.05) is 17.2 Å². The number of aromatic nitrogens is 3. The van der Waals surface area contributed by atoms with Crippen molar-refractivity contribution in [3.8, 4) is 17.1 Å². The molecule has 0 atom stereocenters. The number of thioether (sulfide) groups is 1. The van der Waals surface area contributed by atoms with Crippen LogP contribution in [0.4, 0.5) is 10.1 Å². The molecule has 1 aliphatic carbocycles. The monoisotopic (exact) mass is 613 g/mol. The van der Waals surface area contributed by atoms with E-state index in [2.05, 4.69) is 66.6 Å². The molecule has 0 aliphatic heterocycles. The van der Waals surface area contributed by atoms with Crippen molar-refractivity contribution in [2.45, 2.75) is 76.4 Å². The number of hydrogen-bond acceptors (Lipinski definition) is 5. The lowest BCUT2D eigenvalue weighted by molar-refractivity contribution is -0.123. The number of benzene rings is 3. The van der Waals surface area contributed by atoms with E-state index < -0.39 is 5.82 Å². The first-order valence-electron chi connectivity index (χ1n) is 15.2. The van der Waals surface area contributed by atoms with Crippen LogP contribution >= 0.6 is 11.8 Å².